The van der Waals surface area contributed by atoms with Crippen molar-refractivity contribution in [1.82, 2.24) is 10.2 Å². The zero-order chi connectivity index (χ0) is 12.9. The number of likely N-dealkylation sites (N-methyl/N-ethyl adjacent to an activating group) is 2. The molecule has 0 aliphatic carbocycles. The molecule has 0 amide bonds. The number of rotatable bonds is 6. The van der Waals surface area contributed by atoms with E-state index in [4.69, 9.17) is 0 Å². The third-order valence-corrected chi connectivity index (χ3v) is 5.08. The van der Waals surface area contributed by atoms with Crippen LogP contribution in [0.25, 0.3) is 0 Å². The quantitative estimate of drug-likeness (QED) is 0.776. The summed E-state index contributed by atoms with van der Waals surface area (Å²) in [5.74, 6) is 0. The van der Waals surface area contributed by atoms with Crippen LogP contribution in [0.4, 0.5) is 0 Å². The van der Waals surface area contributed by atoms with E-state index in [1.54, 1.807) is 5.19 Å². The fraction of sp³-hybridized carbons (Fsp3) is 0.571. The molecule has 3 heteroatoms. The Labute approximate surface area is 107 Å². The Kier molecular flexibility index (Phi) is 5.37. The van der Waals surface area contributed by atoms with E-state index in [9.17, 15) is 0 Å². The van der Waals surface area contributed by atoms with E-state index in [0.29, 0.717) is 0 Å². The van der Waals surface area contributed by atoms with Crippen LogP contribution in [0.15, 0.2) is 24.3 Å². The minimum atomic E-state index is -1.14. The van der Waals surface area contributed by atoms with Gasteiger partial charge in [0.2, 0.25) is 0 Å². The maximum atomic E-state index is 3.18. The molecule has 0 atom stereocenters. The molecular weight excluding hydrogens is 224 g/mol. The second-order valence-corrected chi connectivity index (χ2v) is 10.9. The van der Waals surface area contributed by atoms with Gasteiger partial charge in [-0.15, -0.1) is 0 Å². The fourth-order valence-electron chi connectivity index (χ4n) is 1.80. The molecule has 17 heavy (non-hydrogen) atoms. The van der Waals surface area contributed by atoms with Gasteiger partial charge in [0, 0.05) is 19.6 Å². The van der Waals surface area contributed by atoms with Gasteiger partial charge in [-0.05, 0) is 19.7 Å². The maximum absolute atomic E-state index is 3.18. The van der Waals surface area contributed by atoms with Gasteiger partial charge in [0.15, 0.2) is 0 Å². The van der Waals surface area contributed by atoms with Gasteiger partial charge in [-0.3, -0.25) is 0 Å². The van der Waals surface area contributed by atoms with Crippen LogP contribution in [-0.4, -0.2) is 40.2 Å². The number of hydrogen-bond acceptors (Lipinski definition) is 2. The highest BCUT2D eigenvalue weighted by Gasteiger charge is 2.15. The summed E-state index contributed by atoms with van der Waals surface area (Å²) in [6, 6.07) is 9.19. The average Bonchev–Trinajstić information content (AvgIpc) is 2.26. The molecular formula is C14H26N2Si. The standard InChI is InChI=1S/C14H26N2Si/c1-15-10-11-16(2)12-13-6-8-14(9-7-13)17(3,4)5/h6-9,15H,10-12H2,1-5H3. The van der Waals surface area contributed by atoms with Crippen LogP contribution in [0.2, 0.25) is 19.6 Å². The largest absolute Gasteiger partial charge is 0.318 e. The Morgan fingerprint density at radius 2 is 1.71 bits per heavy atom. The summed E-state index contributed by atoms with van der Waals surface area (Å²) in [7, 11) is 3.03. The van der Waals surface area contributed by atoms with Gasteiger partial charge in [-0.25, -0.2) is 0 Å². The molecule has 0 unspecified atom stereocenters. The molecule has 1 N–H and O–H groups in total. The SMILES string of the molecule is CNCCN(C)Cc1ccc([Si](C)(C)C)cc1. The summed E-state index contributed by atoms with van der Waals surface area (Å²) in [4.78, 5) is 2.35. The molecule has 0 fully saturated rings. The normalized spacial score (nSPS) is 12.1. The van der Waals surface area contributed by atoms with Crippen molar-refractivity contribution < 1.29 is 0 Å². The molecule has 0 saturated heterocycles. The van der Waals surface area contributed by atoms with Crippen molar-refractivity contribution in [2.75, 3.05) is 27.2 Å². The Hall–Kier alpha value is -0.643. The van der Waals surface area contributed by atoms with Crippen LogP contribution in [0.1, 0.15) is 5.56 Å². The van der Waals surface area contributed by atoms with Crippen molar-refractivity contribution in [3.63, 3.8) is 0 Å². The van der Waals surface area contributed by atoms with E-state index >= 15 is 0 Å². The van der Waals surface area contributed by atoms with Crippen LogP contribution < -0.4 is 10.5 Å². The molecule has 0 bridgehead atoms. The van der Waals surface area contributed by atoms with Crippen molar-refractivity contribution >= 4 is 13.3 Å². The average molecular weight is 250 g/mol. The summed E-state index contributed by atoms with van der Waals surface area (Å²) in [5.41, 5.74) is 1.41. The van der Waals surface area contributed by atoms with Gasteiger partial charge >= 0.3 is 0 Å². The molecule has 1 aromatic carbocycles. The molecule has 0 saturated carbocycles. The van der Waals surface area contributed by atoms with E-state index in [1.807, 2.05) is 7.05 Å². The zero-order valence-corrected chi connectivity index (χ0v) is 12.9. The van der Waals surface area contributed by atoms with Gasteiger partial charge in [0.25, 0.3) is 0 Å². The summed E-state index contributed by atoms with van der Waals surface area (Å²) in [6.07, 6.45) is 0. The molecule has 96 valence electrons. The molecule has 1 rings (SSSR count). The topological polar surface area (TPSA) is 15.3 Å². The monoisotopic (exact) mass is 250 g/mol. The predicted molar refractivity (Wildman–Crippen MR) is 79.7 cm³/mol. The lowest BCUT2D eigenvalue weighted by Gasteiger charge is -2.19. The summed E-state index contributed by atoms with van der Waals surface area (Å²) < 4.78 is 0. The van der Waals surface area contributed by atoms with Crippen LogP contribution in [0, 0.1) is 0 Å². The molecule has 0 radical (unpaired) electrons. The van der Waals surface area contributed by atoms with Crippen molar-refractivity contribution in [1.29, 1.82) is 0 Å². The molecule has 0 aromatic heterocycles. The van der Waals surface area contributed by atoms with Crippen LogP contribution in [0.5, 0.6) is 0 Å². The first kappa shape index (κ1) is 14.4. The van der Waals surface area contributed by atoms with Gasteiger partial charge in [0.1, 0.15) is 0 Å². The number of benzene rings is 1. The van der Waals surface area contributed by atoms with E-state index in [-0.39, 0.29) is 0 Å². The van der Waals surface area contributed by atoms with Crippen LogP contribution in [-0.2, 0) is 6.54 Å². The molecule has 0 aliphatic rings. The number of nitrogens with one attached hydrogen (secondary N) is 1. The van der Waals surface area contributed by atoms with E-state index in [1.165, 1.54) is 5.56 Å². The fourth-order valence-corrected chi connectivity index (χ4v) is 2.97. The minimum absolute atomic E-state index is 1.04. The van der Waals surface area contributed by atoms with E-state index in [0.717, 1.165) is 19.6 Å². The lowest BCUT2D eigenvalue weighted by atomic mass is 10.2. The molecule has 0 heterocycles. The molecule has 2 nitrogen and oxygen atoms in total. The van der Waals surface area contributed by atoms with Crippen molar-refractivity contribution in [3.8, 4) is 0 Å². The predicted octanol–water partition coefficient (Wildman–Crippen LogP) is 1.88. The first-order valence-corrected chi connectivity index (χ1v) is 9.86. The van der Waals surface area contributed by atoms with Gasteiger partial charge in [-0.1, -0.05) is 49.1 Å². The van der Waals surface area contributed by atoms with E-state index in [2.05, 4.69) is 61.2 Å². The second-order valence-electron chi connectivity index (χ2n) is 5.79. The molecule has 0 spiro atoms. The molecule has 1 aromatic rings. The van der Waals surface area contributed by atoms with Crippen LogP contribution >= 0.6 is 0 Å². The highest BCUT2D eigenvalue weighted by molar-refractivity contribution is 6.88. The maximum Gasteiger partial charge on any atom is 0.0775 e. The van der Waals surface area contributed by atoms with E-state index < -0.39 is 8.07 Å². The highest BCUT2D eigenvalue weighted by atomic mass is 28.3. The Morgan fingerprint density at radius 1 is 1.12 bits per heavy atom. The summed E-state index contributed by atoms with van der Waals surface area (Å²) in [6.45, 7) is 10.3. The van der Waals surface area contributed by atoms with Crippen molar-refractivity contribution in [3.05, 3.63) is 29.8 Å². The first-order valence-electron chi connectivity index (χ1n) is 6.36. The third kappa shape index (κ3) is 5.02. The van der Waals surface area contributed by atoms with Gasteiger partial charge in [-0.2, -0.15) is 0 Å². The summed E-state index contributed by atoms with van der Waals surface area (Å²) >= 11 is 0. The van der Waals surface area contributed by atoms with Crippen molar-refractivity contribution in [2.24, 2.45) is 0 Å². The Balaban J connectivity index is 2.56. The number of hydrogen-bond donors (Lipinski definition) is 1. The summed E-state index contributed by atoms with van der Waals surface area (Å²) in [5, 5.41) is 4.72. The Morgan fingerprint density at radius 3 is 2.18 bits per heavy atom. The minimum Gasteiger partial charge on any atom is -0.318 e. The lowest BCUT2D eigenvalue weighted by molar-refractivity contribution is 0.328. The zero-order valence-electron chi connectivity index (χ0n) is 11.9. The highest BCUT2D eigenvalue weighted by Crippen LogP contribution is 2.06. The van der Waals surface area contributed by atoms with Gasteiger partial charge < -0.3 is 10.2 Å². The smallest absolute Gasteiger partial charge is 0.0775 e. The van der Waals surface area contributed by atoms with Gasteiger partial charge in [0.05, 0.1) is 8.07 Å². The number of nitrogens with zero attached hydrogens (tertiary/aromatic N) is 1. The first-order chi connectivity index (χ1) is 7.93. The molecule has 0 aliphatic heterocycles. The third-order valence-electron chi connectivity index (χ3n) is 3.02. The Bertz CT molecular complexity index is 327. The lowest BCUT2D eigenvalue weighted by Crippen LogP contribution is -2.37. The second kappa shape index (κ2) is 6.33. The van der Waals surface area contributed by atoms with Crippen LogP contribution in [0.3, 0.4) is 0 Å². The van der Waals surface area contributed by atoms with Crippen molar-refractivity contribution in [2.45, 2.75) is 26.2 Å².